The molecule has 0 aliphatic carbocycles. The molecule has 5 nitrogen and oxygen atoms in total. The zero-order chi connectivity index (χ0) is 12.1. The van der Waals surface area contributed by atoms with Gasteiger partial charge in [0.05, 0.1) is 12.8 Å². The lowest BCUT2D eigenvalue weighted by Crippen LogP contribution is -2.14. The summed E-state index contributed by atoms with van der Waals surface area (Å²) >= 11 is 0. The van der Waals surface area contributed by atoms with Crippen LogP contribution in [0.25, 0.3) is 0 Å². The van der Waals surface area contributed by atoms with E-state index in [4.69, 9.17) is 5.21 Å². The summed E-state index contributed by atoms with van der Waals surface area (Å²) in [5, 5.41) is 12.6. The van der Waals surface area contributed by atoms with Gasteiger partial charge in [-0.1, -0.05) is 5.16 Å². The lowest BCUT2D eigenvalue weighted by Gasteiger charge is -2.08. The van der Waals surface area contributed by atoms with E-state index in [-0.39, 0.29) is 5.69 Å². The number of nitrogens with one attached hydrogen (secondary N) is 1. The molecular weight excluding hydrogens is 222 g/mol. The maximum absolute atomic E-state index is 13.4. The Labute approximate surface area is 89.3 Å². The molecule has 1 aromatic rings. The minimum Gasteiger partial charge on any atom is -0.491 e. The van der Waals surface area contributed by atoms with E-state index >= 15 is 0 Å². The number of halogens is 2. The highest BCUT2D eigenvalue weighted by molar-refractivity contribution is 6.31. The number of benzene rings is 1. The first kappa shape index (κ1) is 11.9. The average Bonchev–Trinajstić information content (AvgIpc) is 2.23. The molecule has 7 heteroatoms. The predicted octanol–water partition coefficient (Wildman–Crippen LogP) is 1.37. The highest BCUT2D eigenvalue weighted by Crippen LogP contribution is 2.27. The number of hydrogen-bond donors (Lipinski definition) is 2. The lowest BCUT2D eigenvalue weighted by atomic mass is 10.2. The van der Waals surface area contributed by atoms with Gasteiger partial charge >= 0.3 is 0 Å². The van der Waals surface area contributed by atoms with Gasteiger partial charge in [0.2, 0.25) is 0 Å². The number of oxime groups is 1. The summed E-state index contributed by atoms with van der Waals surface area (Å²) in [6.07, 6.45) is 0.537. The number of amides is 1. The van der Waals surface area contributed by atoms with E-state index in [1.165, 1.54) is 0 Å². The Balaban J connectivity index is 3.02. The van der Waals surface area contributed by atoms with E-state index in [0.717, 1.165) is 19.2 Å². The summed E-state index contributed by atoms with van der Waals surface area (Å²) < 4.78 is 30.9. The van der Waals surface area contributed by atoms with Gasteiger partial charge in [-0.15, -0.1) is 0 Å². The quantitative estimate of drug-likeness (QED) is 0.468. The van der Waals surface area contributed by atoms with Crippen LogP contribution in [0.3, 0.4) is 0 Å². The minimum absolute atomic E-state index is 0.275. The van der Waals surface area contributed by atoms with Gasteiger partial charge in [-0.05, 0) is 12.1 Å². The summed E-state index contributed by atoms with van der Waals surface area (Å²) in [4.78, 5) is 10.9. The molecule has 0 heterocycles. The molecule has 0 saturated carbocycles. The molecule has 0 bridgehead atoms. The van der Waals surface area contributed by atoms with Crippen LogP contribution < -0.4 is 10.1 Å². The molecule has 0 radical (unpaired) electrons. The van der Waals surface area contributed by atoms with Crippen molar-refractivity contribution in [3.63, 3.8) is 0 Å². The third kappa shape index (κ3) is 2.44. The van der Waals surface area contributed by atoms with Gasteiger partial charge in [0.25, 0.3) is 5.91 Å². The molecule has 1 rings (SSSR count). The van der Waals surface area contributed by atoms with E-state index in [1.807, 2.05) is 5.32 Å². The summed E-state index contributed by atoms with van der Waals surface area (Å²) in [6.45, 7) is 0. The van der Waals surface area contributed by atoms with Crippen LogP contribution in [0.1, 0.15) is 0 Å². The van der Waals surface area contributed by atoms with Crippen molar-refractivity contribution in [3.8, 4) is 5.75 Å². The second kappa shape index (κ2) is 5.06. The fourth-order valence-corrected chi connectivity index (χ4v) is 1.03. The Morgan fingerprint density at radius 2 is 2.25 bits per heavy atom. The average molecular weight is 230 g/mol. The molecule has 0 spiro atoms. The Hall–Kier alpha value is -2.18. The number of rotatable bonds is 3. The normalized spacial score (nSPS) is 10.4. The fourth-order valence-electron chi connectivity index (χ4n) is 1.03. The minimum atomic E-state index is -1.04. The first-order valence-electron chi connectivity index (χ1n) is 4.10. The van der Waals surface area contributed by atoms with Crippen LogP contribution in [0.5, 0.6) is 5.75 Å². The lowest BCUT2D eigenvalue weighted by molar-refractivity contribution is -0.110. The molecule has 0 aliphatic rings. The molecule has 1 aromatic carbocycles. The number of anilines is 1. The molecule has 16 heavy (non-hydrogen) atoms. The first-order chi connectivity index (χ1) is 7.60. The maximum atomic E-state index is 13.4. The summed E-state index contributed by atoms with van der Waals surface area (Å²) in [5.41, 5.74) is -0.275. The van der Waals surface area contributed by atoms with Gasteiger partial charge in [0.15, 0.2) is 17.4 Å². The van der Waals surface area contributed by atoms with Crippen LogP contribution in [0.15, 0.2) is 17.3 Å². The molecule has 0 aromatic heterocycles. The Morgan fingerprint density at radius 3 is 2.81 bits per heavy atom. The van der Waals surface area contributed by atoms with E-state index in [2.05, 4.69) is 9.89 Å². The van der Waals surface area contributed by atoms with Crippen LogP contribution in [0.2, 0.25) is 0 Å². The van der Waals surface area contributed by atoms with Gasteiger partial charge < -0.3 is 15.3 Å². The summed E-state index contributed by atoms with van der Waals surface area (Å²) in [5.74, 6) is -3.37. The van der Waals surface area contributed by atoms with Gasteiger partial charge in [-0.2, -0.15) is 0 Å². The molecule has 0 aliphatic heterocycles. The molecule has 0 fully saturated rings. The van der Waals surface area contributed by atoms with Crippen molar-refractivity contribution in [2.75, 3.05) is 12.4 Å². The van der Waals surface area contributed by atoms with Crippen LogP contribution in [0, 0.1) is 11.6 Å². The predicted molar refractivity (Wildman–Crippen MR) is 51.8 cm³/mol. The first-order valence-corrected chi connectivity index (χ1v) is 4.10. The Kier molecular flexibility index (Phi) is 3.76. The van der Waals surface area contributed by atoms with Crippen molar-refractivity contribution in [3.05, 3.63) is 23.8 Å². The monoisotopic (exact) mass is 230 g/mol. The third-order valence-corrected chi connectivity index (χ3v) is 1.69. The molecule has 0 atom stereocenters. The second-order valence-corrected chi connectivity index (χ2v) is 2.68. The fraction of sp³-hybridized carbons (Fsp3) is 0.111. The molecule has 0 unspecified atom stereocenters. The summed E-state index contributed by atoms with van der Waals surface area (Å²) in [6, 6.07) is 1.96. The van der Waals surface area contributed by atoms with Crippen LogP contribution in [-0.2, 0) is 4.79 Å². The van der Waals surface area contributed by atoms with Crippen molar-refractivity contribution in [1.82, 2.24) is 0 Å². The van der Waals surface area contributed by atoms with Crippen molar-refractivity contribution in [1.29, 1.82) is 0 Å². The molecule has 2 N–H and O–H groups in total. The van der Waals surface area contributed by atoms with Crippen molar-refractivity contribution in [2.24, 2.45) is 5.16 Å². The topological polar surface area (TPSA) is 70.9 Å². The number of carbonyl (C=O) groups is 1. The standard InChI is InChI=1S/C9H8F2N2O3/c1-16-9-5(10)2-3-6(8(9)11)13-7(14)4-12-15/h2-4,15H,1H3,(H,13,14)/b12-4+. The summed E-state index contributed by atoms with van der Waals surface area (Å²) in [7, 11) is 1.10. The van der Waals surface area contributed by atoms with Crippen molar-refractivity contribution in [2.45, 2.75) is 0 Å². The number of methoxy groups -OCH3 is 1. The Morgan fingerprint density at radius 1 is 1.56 bits per heavy atom. The largest absolute Gasteiger partial charge is 0.491 e. The van der Waals surface area contributed by atoms with E-state index in [0.29, 0.717) is 6.21 Å². The number of nitrogens with zero attached hydrogens (tertiary/aromatic N) is 1. The van der Waals surface area contributed by atoms with Crippen LogP contribution in [-0.4, -0.2) is 24.4 Å². The van der Waals surface area contributed by atoms with Crippen LogP contribution in [0.4, 0.5) is 14.5 Å². The SMILES string of the molecule is COc1c(F)ccc(NC(=O)/C=N/O)c1F. The second-order valence-electron chi connectivity index (χ2n) is 2.68. The zero-order valence-corrected chi connectivity index (χ0v) is 8.20. The van der Waals surface area contributed by atoms with E-state index < -0.39 is 23.3 Å². The van der Waals surface area contributed by atoms with Gasteiger partial charge in [-0.25, -0.2) is 8.78 Å². The van der Waals surface area contributed by atoms with Crippen LogP contribution >= 0.6 is 0 Å². The van der Waals surface area contributed by atoms with Crippen molar-refractivity contribution < 1.29 is 23.5 Å². The number of ether oxygens (including phenoxy) is 1. The zero-order valence-electron chi connectivity index (χ0n) is 8.20. The van der Waals surface area contributed by atoms with Gasteiger partial charge in [0, 0.05) is 0 Å². The van der Waals surface area contributed by atoms with E-state index in [9.17, 15) is 13.6 Å². The maximum Gasteiger partial charge on any atom is 0.270 e. The molecule has 0 saturated heterocycles. The third-order valence-electron chi connectivity index (χ3n) is 1.69. The smallest absolute Gasteiger partial charge is 0.270 e. The molecular formula is C9H8F2N2O3. The number of hydrogen-bond acceptors (Lipinski definition) is 4. The molecule has 86 valence electrons. The molecule has 1 amide bonds. The highest BCUT2D eigenvalue weighted by Gasteiger charge is 2.15. The van der Waals surface area contributed by atoms with E-state index in [1.54, 1.807) is 0 Å². The Bertz CT molecular complexity index is 435. The van der Waals surface area contributed by atoms with Crippen molar-refractivity contribution >= 4 is 17.8 Å². The number of carbonyl (C=O) groups excluding carboxylic acids is 1. The highest BCUT2D eigenvalue weighted by atomic mass is 19.1. The van der Waals surface area contributed by atoms with Gasteiger partial charge in [0.1, 0.15) is 6.21 Å². The van der Waals surface area contributed by atoms with Gasteiger partial charge in [-0.3, -0.25) is 4.79 Å².